The molecule has 0 aromatic heterocycles. The van der Waals surface area contributed by atoms with E-state index in [1.807, 2.05) is 0 Å². The molecule has 1 heterocycles. The van der Waals surface area contributed by atoms with Gasteiger partial charge in [0.15, 0.2) is 0 Å². The van der Waals surface area contributed by atoms with Gasteiger partial charge < -0.3 is 10.0 Å². The molecule has 1 fully saturated rings. The summed E-state index contributed by atoms with van der Waals surface area (Å²) in [7, 11) is 0. The molecule has 0 saturated carbocycles. The number of hydrogen-bond acceptors (Lipinski definition) is 3. The van der Waals surface area contributed by atoms with Crippen LogP contribution in [0.3, 0.4) is 0 Å². The molecule has 5 nitrogen and oxygen atoms in total. The molecule has 0 radical (unpaired) electrons. The minimum Gasteiger partial charge on any atom is -0.481 e. The van der Waals surface area contributed by atoms with E-state index in [1.165, 1.54) is 0 Å². The third kappa shape index (κ3) is 3.16. The smallest absolute Gasteiger partial charge is 0.303 e. The first kappa shape index (κ1) is 10.7. The maximum Gasteiger partial charge on any atom is 0.303 e. The fourth-order valence-corrected chi connectivity index (χ4v) is 1.38. The molecule has 1 amide bonds. The molecule has 1 saturated heterocycles. The first-order chi connectivity index (χ1) is 6.59. The minimum atomic E-state index is -0.966. The van der Waals surface area contributed by atoms with E-state index in [-0.39, 0.29) is 24.5 Å². The van der Waals surface area contributed by atoms with Crippen molar-refractivity contribution in [2.45, 2.75) is 25.7 Å². The molecule has 0 bridgehead atoms. The molecule has 0 aliphatic carbocycles. The number of carbonyl (C=O) groups excluding carboxylic acids is 2. The number of rotatable bonds is 3. The summed E-state index contributed by atoms with van der Waals surface area (Å²) in [6.45, 7) is 0.884. The van der Waals surface area contributed by atoms with E-state index in [4.69, 9.17) is 5.11 Å². The van der Waals surface area contributed by atoms with E-state index in [2.05, 4.69) is 0 Å². The van der Waals surface area contributed by atoms with Crippen molar-refractivity contribution in [2.24, 2.45) is 0 Å². The van der Waals surface area contributed by atoms with Gasteiger partial charge in [0.2, 0.25) is 5.91 Å². The van der Waals surface area contributed by atoms with Gasteiger partial charge in [0.05, 0.1) is 6.42 Å². The number of ketones is 1. The van der Waals surface area contributed by atoms with Crippen molar-refractivity contribution in [3.8, 4) is 0 Å². The Hall–Kier alpha value is -1.39. The molecular weight excluding hydrogens is 186 g/mol. The first-order valence-electron chi connectivity index (χ1n) is 4.61. The fraction of sp³-hybridized carbons (Fsp3) is 0.667. The van der Waals surface area contributed by atoms with Gasteiger partial charge in [-0.2, -0.15) is 0 Å². The summed E-state index contributed by atoms with van der Waals surface area (Å²) in [5, 5.41) is 8.38. The second kappa shape index (κ2) is 4.74. The fourth-order valence-electron chi connectivity index (χ4n) is 1.38. The van der Waals surface area contributed by atoms with Crippen LogP contribution in [-0.4, -0.2) is 40.8 Å². The number of Topliss-reactive ketones (excluding diaryl/α,β-unsaturated/α-hetero) is 1. The van der Waals surface area contributed by atoms with E-state index in [0.717, 1.165) is 0 Å². The first-order valence-corrected chi connectivity index (χ1v) is 4.61. The molecule has 0 spiro atoms. The van der Waals surface area contributed by atoms with E-state index in [1.54, 1.807) is 4.90 Å². The van der Waals surface area contributed by atoms with Crippen molar-refractivity contribution >= 4 is 17.7 Å². The number of piperidine rings is 1. The van der Waals surface area contributed by atoms with Crippen molar-refractivity contribution in [1.82, 2.24) is 4.90 Å². The Morgan fingerprint density at radius 2 is 1.79 bits per heavy atom. The van der Waals surface area contributed by atoms with Gasteiger partial charge in [-0.25, -0.2) is 0 Å². The Morgan fingerprint density at radius 1 is 1.21 bits per heavy atom. The van der Waals surface area contributed by atoms with Crippen molar-refractivity contribution < 1.29 is 19.5 Å². The normalized spacial score (nSPS) is 16.9. The number of carboxylic acids is 1. The van der Waals surface area contributed by atoms with Crippen molar-refractivity contribution in [3.05, 3.63) is 0 Å². The number of likely N-dealkylation sites (tertiary alicyclic amines) is 1. The molecule has 1 aliphatic rings. The van der Waals surface area contributed by atoms with Gasteiger partial charge in [-0.3, -0.25) is 14.4 Å². The molecular formula is C9H13NO4. The Morgan fingerprint density at radius 3 is 2.29 bits per heavy atom. The van der Waals surface area contributed by atoms with Crippen LogP contribution in [0.1, 0.15) is 25.7 Å². The van der Waals surface area contributed by atoms with Crippen LogP contribution >= 0.6 is 0 Å². The number of aliphatic carboxylic acids is 1. The zero-order valence-corrected chi connectivity index (χ0v) is 7.86. The van der Waals surface area contributed by atoms with Gasteiger partial charge in [0, 0.05) is 32.4 Å². The maximum atomic E-state index is 11.4. The Kier molecular flexibility index (Phi) is 3.62. The molecule has 1 rings (SSSR count). The molecule has 0 aromatic carbocycles. The van der Waals surface area contributed by atoms with Gasteiger partial charge in [0.25, 0.3) is 0 Å². The zero-order chi connectivity index (χ0) is 10.6. The summed E-state index contributed by atoms with van der Waals surface area (Å²) < 4.78 is 0. The van der Waals surface area contributed by atoms with Crippen LogP contribution in [-0.2, 0) is 14.4 Å². The van der Waals surface area contributed by atoms with Gasteiger partial charge in [-0.1, -0.05) is 0 Å². The van der Waals surface area contributed by atoms with Crippen LogP contribution in [0.15, 0.2) is 0 Å². The molecule has 0 aromatic rings. The molecule has 5 heteroatoms. The molecule has 1 N–H and O–H groups in total. The molecule has 1 aliphatic heterocycles. The molecule has 14 heavy (non-hydrogen) atoms. The highest BCUT2D eigenvalue weighted by Crippen LogP contribution is 2.08. The predicted molar refractivity (Wildman–Crippen MR) is 47.7 cm³/mol. The second-order valence-electron chi connectivity index (χ2n) is 3.31. The lowest BCUT2D eigenvalue weighted by Crippen LogP contribution is -2.38. The monoisotopic (exact) mass is 199 g/mol. The van der Waals surface area contributed by atoms with Crippen LogP contribution in [0.25, 0.3) is 0 Å². The zero-order valence-electron chi connectivity index (χ0n) is 7.86. The summed E-state index contributed by atoms with van der Waals surface area (Å²) in [6.07, 6.45) is 0.699. The number of carboxylic acid groups (broad SMARTS) is 1. The lowest BCUT2D eigenvalue weighted by atomic mass is 10.1. The van der Waals surface area contributed by atoms with E-state index < -0.39 is 5.97 Å². The Labute approximate surface area is 81.7 Å². The molecule has 0 atom stereocenters. The van der Waals surface area contributed by atoms with Crippen LogP contribution in [0.4, 0.5) is 0 Å². The van der Waals surface area contributed by atoms with Gasteiger partial charge >= 0.3 is 5.97 Å². The van der Waals surface area contributed by atoms with Gasteiger partial charge in [0.1, 0.15) is 5.78 Å². The summed E-state index contributed by atoms with van der Waals surface area (Å²) in [5.74, 6) is -0.960. The summed E-state index contributed by atoms with van der Waals surface area (Å²) in [6, 6.07) is 0. The highest BCUT2D eigenvalue weighted by Gasteiger charge is 2.20. The minimum absolute atomic E-state index is 0.0313. The molecule has 78 valence electrons. The maximum absolute atomic E-state index is 11.4. The van der Waals surface area contributed by atoms with Gasteiger partial charge in [-0.05, 0) is 0 Å². The quantitative estimate of drug-likeness (QED) is 0.696. The number of amides is 1. The number of carbonyl (C=O) groups is 3. The predicted octanol–water partition coefficient (Wildman–Crippen LogP) is 0.0427. The number of nitrogens with zero attached hydrogens (tertiary/aromatic N) is 1. The summed E-state index contributed by atoms with van der Waals surface area (Å²) in [5.41, 5.74) is 0. The lowest BCUT2D eigenvalue weighted by Gasteiger charge is -2.25. The van der Waals surface area contributed by atoms with Crippen LogP contribution in [0.2, 0.25) is 0 Å². The van der Waals surface area contributed by atoms with Crippen LogP contribution in [0, 0.1) is 0 Å². The third-order valence-corrected chi connectivity index (χ3v) is 2.23. The number of hydrogen-bond donors (Lipinski definition) is 1. The Balaban J connectivity index is 2.30. The third-order valence-electron chi connectivity index (χ3n) is 2.23. The van der Waals surface area contributed by atoms with E-state index >= 15 is 0 Å². The van der Waals surface area contributed by atoms with E-state index in [0.29, 0.717) is 25.9 Å². The second-order valence-corrected chi connectivity index (χ2v) is 3.31. The van der Waals surface area contributed by atoms with Crippen molar-refractivity contribution in [1.29, 1.82) is 0 Å². The highest BCUT2D eigenvalue weighted by atomic mass is 16.4. The average Bonchev–Trinajstić information content (AvgIpc) is 2.15. The summed E-state index contributed by atoms with van der Waals surface area (Å²) in [4.78, 5) is 34.0. The molecule has 0 unspecified atom stereocenters. The Bertz CT molecular complexity index is 252. The van der Waals surface area contributed by atoms with Crippen LogP contribution < -0.4 is 0 Å². The largest absolute Gasteiger partial charge is 0.481 e. The highest BCUT2D eigenvalue weighted by molar-refractivity contribution is 5.84. The van der Waals surface area contributed by atoms with Crippen LogP contribution in [0.5, 0.6) is 0 Å². The topological polar surface area (TPSA) is 74.7 Å². The van der Waals surface area contributed by atoms with E-state index in [9.17, 15) is 14.4 Å². The average molecular weight is 199 g/mol. The van der Waals surface area contributed by atoms with Gasteiger partial charge in [-0.15, -0.1) is 0 Å². The van der Waals surface area contributed by atoms with Crippen molar-refractivity contribution in [3.63, 3.8) is 0 Å². The van der Waals surface area contributed by atoms with Crippen molar-refractivity contribution in [2.75, 3.05) is 13.1 Å². The summed E-state index contributed by atoms with van der Waals surface area (Å²) >= 11 is 0. The standard InChI is InChI=1S/C9H13NO4/c11-7-3-5-10(6-4-7)8(12)1-2-9(13)14/h1-6H2,(H,13,14). The SMILES string of the molecule is O=C(O)CCC(=O)N1CCC(=O)CC1. The lowest BCUT2D eigenvalue weighted by molar-refractivity contribution is -0.142.